The fourth-order valence-electron chi connectivity index (χ4n) is 3.91. The van der Waals surface area contributed by atoms with Gasteiger partial charge < -0.3 is 14.4 Å². The first-order valence-electron chi connectivity index (χ1n) is 10.3. The largest absolute Gasteiger partial charge is 0.462 e. The second-order valence-electron chi connectivity index (χ2n) is 8.62. The SMILES string of the molecule is CCOC(=O)c1cc(C(C)C2CCN(C(=O)OC(C)(C)C)CC2)n2ncccc12. The lowest BCUT2D eigenvalue weighted by atomic mass is 9.83. The lowest BCUT2D eigenvalue weighted by Crippen LogP contribution is -2.42. The Balaban J connectivity index is 1.75. The number of piperidine rings is 1. The van der Waals surface area contributed by atoms with Crippen LogP contribution < -0.4 is 0 Å². The quantitative estimate of drug-likeness (QED) is 0.716. The number of carbonyl (C=O) groups is 2. The molecule has 3 heterocycles. The van der Waals surface area contributed by atoms with E-state index >= 15 is 0 Å². The predicted octanol–water partition coefficient (Wildman–Crippen LogP) is 4.26. The van der Waals surface area contributed by atoms with Crippen LogP contribution in [0, 0.1) is 5.92 Å². The lowest BCUT2D eigenvalue weighted by Gasteiger charge is -2.35. The molecular formula is C22H31N3O4. The second-order valence-corrected chi connectivity index (χ2v) is 8.62. The fraction of sp³-hybridized carbons (Fsp3) is 0.591. The van der Waals surface area contributed by atoms with Gasteiger partial charge in [0, 0.05) is 30.9 Å². The van der Waals surface area contributed by atoms with Gasteiger partial charge in [-0.25, -0.2) is 14.1 Å². The third-order valence-electron chi connectivity index (χ3n) is 5.42. The van der Waals surface area contributed by atoms with E-state index in [1.54, 1.807) is 18.0 Å². The summed E-state index contributed by atoms with van der Waals surface area (Å²) < 4.78 is 12.6. The molecule has 0 N–H and O–H groups in total. The maximum absolute atomic E-state index is 12.4. The minimum atomic E-state index is -0.485. The Hall–Kier alpha value is -2.57. The molecule has 7 nitrogen and oxygen atoms in total. The molecule has 158 valence electrons. The summed E-state index contributed by atoms with van der Waals surface area (Å²) in [4.78, 5) is 26.5. The van der Waals surface area contributed by atoms with Gasteiger partial charge in [-0.2, -0.15) is 5.10 Å². The topological polar surface area (TPSA) is 73.1 Å². The molecule has 7 heteroatoms. The summed E-state index contributed by atoms with van der Waals surface area (Å²) in [5.41, 5.74) is 1.83. The predicted molar refractivity (Wildman–Crippen MR) is 110 cm³/mol. The van der Waals surface area contributed by atoms with E-state index in [1.165, 1.54) is 0 Å². The Labute approximate surface area is 172 Å². The van der Waals surface area contributed by atoms with E-state index in [4.69, 9.17) is 9.47 Å². The van der Waals surface area contributed by atoms with Gasteiger partial charge in [0.05, 0.1) is 17.7 Å². The summed E-state index contributed by atoms with van der Waals surface area (Å²) in [7, 11) is 0. The smallest absolute Gasteiger partial charge is 0.410 e. The molecule has 0 aromatic carbocycles. The van der Waals surface area contributed by atoms with E-state index in [9.17, 15) is 9.59 Å². The van der Waals surface area contributed by atoms with Crippen molar-refractivity contribution in [3.8, 4) is 0 Å². The van der Waals surface area contributed by atoms with Crippen molar-refractivity contribution < 1.29 is 19.1 Å². The molecule has 0 saturated carbocycles. The van der Waals surface area contributed by atoms with Crippen LogP contribution in [-0.2, 0) is 9.47 Å². The highest BCUT2D eigenvalue weighted by atomic mass is 16.6. The monoisotopic (exact) mass is 401 g/mol. The van der Waals surface area contributed by atoms with Gasteiger partial charge in [-0.05, 0) is 64.7 Å². The Kier molecular flexibility index (Phi) is 6.15. The molecule has 1 aliphatic rings. The van der Waals surface area contributed by atoms with Crippen molar-refractivity contribution in [3.63, 3.8) is 0 Å². The lowest BCUT2D eigenvalue weighted by molar-refractivity contribution is 0.0175. The molecule has 0 radical (unpaired) electrons. The van der Waals surface area contributed by atoms with Gasteiger partial charge in [-0.15, -0.1) is 0 Å². The molecule has 1 atom stereocenters. The van der Waals surface area contributed by atoms with E-state index in [-0.39, 0.29) is 18.0 Å². The summed E-state index contributed by atoms with van der Waals surface area (Å²) in [5, 5.41) is 4.47. The maximum Gasteiger partial charge on any atom is 0.410 e. The Morgan fingerprint density at radius 1 is 1.28 bits per heavy atom. The van der Waals surface area contributed by atoms with Gasteiger partial charge in [0.1, 0.15) is 5.60 Å². The zero-order chi connectivity index (χ0) is 21.2. The van der Waals surface area contributed by atoms with Crippen LogP contribution >= 0.6 is 0 Å². The molecule has 2 aromatic rings. The minimum Gasteiger partial charge on any atom is -0.462 e. The van der Waals surface area contributed by atoms with Crippen LogP contribution in [0.4, 0.5) is 4.79 Å². The second kappa shape index (κ2) is 8.43. The number of hydrogen-bond acceptors (Lipinski definition) is 5. The molecular weight excluding hydrogens is 370 g/mol. The van der Waals surface area contributed by atoms with Crippen molar-refractivity contribution in [2.75, 3.05) is 19.7 Å². The van der Waals surface area contributed by atoms with E-state index in [0.717, 1.165) is 24.1 Å². The number of esters is 1. The van der Waals surface area contributed by atoms with Gasteiger partial charge in [-0.3, -0.25) is 0 Å². The first-order chi connectivity index (χ1) is 13.7. The van der Waals surface area contributed by atoms with Crippen LogP contribution in [0.1, 0.15) is 69.4 Å². The number of ether oxygens (including phenoxy) is 2. The molecule has 1 unspecified atom stereocenters. The normalized spacial score (nSPS) is 16.7. The van der Waals surface area contributed by atoms with Crippen molar-refractivity contribution >= 4 is 17.6 Å². The number of fused-ring (bicyclic) bond motifs is 1. The standard InChI is InChI=1S/C22H31N3O4/c1-6-28-20(26)17-14-19(25-18(17)8-7-11-23-25)15(2)16-9-12-24(13-10-16)21(27)29-22(3,4)5/h7-8,11,14-16H,6,9-10,12-13H2,1-5H3. The molecule has 1 saturated heterocycles. The van der Waals surface area contributed by atoms with E-state index in [1.807, 2.05) is 43.5 Å². The number of likely N-dealkylation sites (tertiary alicyclic amines) is 1. The molecule has 29 heavy (non-hydrogen) atoms. The maximum atomic E-state index is 12.4. The number of amides is 1. The van der Waals surface area contributed by atoms with Crippen molar-refractivity contribution in [2.24, 2.45) is 5.92 Å². The molecule has 1 amide bonds. The van der Waals surface area contributed by atoms with E-state index in [0.29, 0.717) is 31.2 Å². The number of rotatable bonds is 4. The van der Waals surface area contributed by atoms with Crippen molar-refractivity contribution in [1.82, 2.24) is 14.5 Å². The van der Waals surface area contributed by atoms with Gasteiger partial charge in [-0.1, -0.05) is 6.92 Å². The average molecular weight is 402 g/mol. The number of carbonyl (C=O) groups excluding carboxylic acids is 2. The zero-order valence-electron chi connectivity index (χ0n) is 18.0. The highest BCUT2D eigenvalue weighted by Gasteiger charge is 2.31. The van der Waals surface area contributed by atoms with Gasteiger partial charge in [0.15, 0.2) is 0 Å². The summed E-state index contributed by atoms with van der Waals surface area (Å²) in [6.45, 7) is 11.3. The van der Waals surface area contributed by atoms with Crippen LogP contribution in [-0.4, -0.2) is 51.9 Å². The molecule has 3 rings (SSSR count). The van der Waals surface area contributed by atoms with E-state index < -0.39 is 5.60 Å². The minimum absolute atomic E-state index is 0.196. The molecule has 0 spiro atoms. The summed E-state index contributed by atoms with van der Waals surface area (Å²) in [6.07, 6.45) is 3.25. The van der Waals surface area contributed by atoms with Gasteiger partial charge in [0.25, 0.3) is 0 Å². The van der Waals surface area contributed by atoms with Crippen LogP contribution in [0.5, 0.6) is 0 Å². The third kappa shape index (κ3) is 4.71. The molecule has 1 aliphatic heterocycles. The number of nitrogens with zero attached hydrogens (tertiary/aromatic N) is 3. The van der Waals surface area contributed by atoms with Crippen LogP contribution in [0.15, 0.2) is 24.4 Å². The number of aromatic nitrogens is 2. The number of hydrogen-bond donors (Lipinski definition) is 0. The summed E-state index contributed by atoms with van der Waals surface area (Å²) >= 11 is 0. The van der Waals surface area contributed by atoms with Crippen LogP contribution in [0.25, 0.3) is 5.52 Å². The first-order valence-corrected chi connectivity index (χ1v) is 10.3. The van der Waals surface area contributed by atoms with Gasteiger partial charge >= 0.3 is 12.1 Å². The molecule has 0 aliphatic carbocycles. The molecule has 2 aromatic heterocycles. The van der Waals surface area contributed by atoms with Crippen molar-refractivity contribution in [1.29, 1.82) is 0 Å². The van der Waals surface area contributed by atoms with Crippen LogP contribution in [0.3, 0.4) is 0 Å². The highest BCUT2D eigenvalue weighted by molar-refractivity contribution is 5.97. The van der Waals surface area contributed by atoms with Crippen molar-refractivity contribution in [2.45, 2.75) is 59.0 Å². The summed E-state index contributed by atoms with van der Waals surface area (Å²) in [6, 6.07) is 5.62. The Morgan fingerprint density at radius 3 is 2.59 bits per heavy atom. The summed E-state index contributed by atoms with van der Waals surface area (Å²) in [5.74, 6) is 0.265. The molecule has 1 fully saturated rings. The third-order valence-corrected chi connectivity index (χ3v) is 5.42. The van der Waals surface area contributed by atoms with Crippen LogP contribution in [0.2, 0.25) is 0 Å². The molecule has 0 bridgehead atoms. The Bertz CT molecular complexity index is 876. The fourth-order valence-corrected chi connectivity index (χ4v) is 3.91. The van der Waals surface area contributed by atoms with Gasteiger partial charge in [0.2, 0.25) is 0 Å². The zero-order valence-corrected chi connectivity index (χ0v) is 18.0. The average Bonchev–Trinajstić information content (AvgIpc) is 3.06. The van der Waals surface area contributed by atoms with E-state index in [2.05, 4.69) is 12.0 Å². The highest BCUT2D eigenvalue weighted by Crippen LogP contribution is 2.34. The van der Waals surface area contributed by atoms with Crippen molar-refractivity contribution in [3.05, 3.63) is 35.7 Å². The first kappa shape index (κ1) is 21.1. The Morgan fingerprint density at radius 2 is 1.97 bits per heavy atom.